The fourth-order valence-corrected chi connectivity index (χ4v) is 3.37. The molecular formula is C18H22N6O. The summed E-state index contributed by atoms with van der Waals surface area (Å²) in [7, 11) is 1.84. The van der Waals surface area contributed by atoms with Gasteiger partial charge in [-0.05, 0) is 32.6 Å². The van der Waals surface area contributed by atoms with Gasteiger partial charge in [-0.2, -0.15) is 0 Å². The van der Waals surface area contributed by atoms with Crippen molar-refractivity contribution in [2.24, 2.45) is 0 Å². The van der Waals surface area contributed by atoms with E-state index in [1.165, 1.54) is 0 Å². The zero-order valence-corrected chi connectivity index (χ0v) is 14.6. The Bertz CT molecular complexity index is 787. The van der Waals surface area contributed by atoms with Crippen LogP contribution in [0.3, 0.4) is 0 Å². The van der Waals surface area contributed by atoms with Crippen LogP contribution in [0.5, 0.6) is 0 Å². The Morgan fingerprint density at radius 2 is 1.96 bits per heavy atom. The molecule has 2 aromatic rings. The van der Waals surface area contributed by atoms with Gasteiger partial charge in [0, 0.05) is 38.0 Å². The second-order valence-corrected chi connectivity index (χ2v) is 6.74. The fraction of sp³-hybridized carbons (Fsp3) is 0.500. The predicted molar refractivity (Wildman–Crippen MR) is 93.3 cm³/mol. The number of anilines is 1. The van der Waals surface area contributed by atoms with Crippen LogP contribution in [0.4, 0.5) is 5.82 Å². The molecule has 7 heteroatoms. The summed E-state index contributed by atoms with van der Waals surface area (Å²) < 4.78 is 0. The van der Waals surface area contributed by atoms with Crippen LogP contribution in [-0.2, 0) is 0 Å². The molecule has 25 heavy (non-hydrogen) atoms. The van der Waals surface area contributed by atoms with Crippen molar-refractivity contribution in [2.75, 3.05) is 18.9 Å². The predicted octanol–water partition coefficient (Wildman–Crippen LogP) is 2.47. The minimum Gasteiger partial charge on any atom is -0.373 e. The molecular weight excluding hydrogens is 316 g/mol. The number of nitrogens with one attached hydrogen (secondary N) is 1. The van der Waals surface area contributed by atoms with Crippen molar-refractivity contribution in [1.82, 2.24) is 24.8 Å². The van der Waals surface area contributed by atoms with Gasteiger partial charge in [-0.15, -0.1) is 0 Å². The monoisotopic (exact) mass is 338 g/mol. The number of aryl methyl sites for hydroxylation is 1. The third-order valence-electron chi connectivity index (χ3n) is 4.83. The first-order valence-corrected chi connectivity index (χ1v) is 8.82. The van der Waals surface area contributed by atoms with Gasteiger partial charge in [0.15, 0.2) is 0 Å². The largest absolute Gasteiger partial charge is 0.373 e. The highest BCUT2D eigenvalue weighted by Crippen LogP contribution is 2.38. The second-order valence-electron chi connectivity index (χ2n) is 6.74. The highest BCUT2D eigenvalue weighted by atomic mass is 16.2. The van der Waals surface area contributed by atoms with E-state index in [-0.39, 0.29) is 11.9 Å². The van der Waals surface area contributed by atoms with E-state index < -0.39 is 0 Å². The van der Waals surface area contributed by atoms with Crippen LogP contribution in [0.1, 0.15) is 65.3 Å². The quantitative estimate of drug-likeness (QED) is 0.922. The molecule has 0 unspecified atom stereocenters. The van der Waals surface area contributed by atoms with E-state index in [9.17, 15) is 4.79 Å². The summed E-state index contributed by atoms with van der Waals surface area (Å²) in [5, 5.41) is 3.06. The molecule has 0 bridgehead atoms. The van der Waals surface area contributed by atoms with Gasteiger partial charge in [0.25, 0.3) is 5.91 Å². The molecule has 1 atom stereocenters. The summed E-state index contributed by atoms with van der Waals surface area (Å²) in [5.41, 5.74) is 1.44. The van der Waals surface area contributed by atoms with Crippen molar-refractivity contribution in [2.45, 2.75) is 44.6 Å². The Morgan fingerprint density at radius 3 is 2.64 bits per heavy atom. The molecule has 1 saturated carbocycles. The second kappa shape index (κ2) is 6.38. The average molecular weight is 338 g/mol. The maximum absolute atomic E-state index is 13.0. The number of hydrogen-bond acceptors (Lipinski definition) is 6. The fourth-order valence-electron chi connectivity index (χ4n) is 3.37. The number of carbonyl (C=O) groups excluding carboxylic acids is 1. The van der Waals surface area contributed by atoms with Crippen molar-refractivity contribution in [3.63, 3.8) is 0 Å². The summed E-state index contributed by atoms with van der Waals surface area (Å²) >= 11 is 0. The summed E-state index contributed by atoms with van der Waals surface area (Å²) in [6.07, 6.45) is 7.53. The van der Waals surface area contributed by atoms with E-state index in [1.807, 2.05) is 24.9 Å². The van der Waals surface area contributed by atoms with E-state index >= 15 is 0 Å². The van der Waals surface area contributed by atoms with Gasteiger partial charge in [-0.1, -0.05) is 0 Å². The Balaban J connectivity index is 1.58. The summed E-state index contributed by atoms with van der Waals surface area (Å²) in [6.45, 7) is 2.60. The number of nitrogens with zero attached hydrogens (tertiary/aromatic N) is 5. The van der Waals surface area contributed by atoms with E-state index in [4.69, 9.17) is 0 Å². The Kier molecular flexibility index (Phi) is 4.07. The van der Waals surface area contributed by atoms with E-state index in [2.05, 4.69) is 25.3 Å². The van der Waals surface area contributed by atoms with E-state index in [0.29, 0.717) is 17.3 Å². The lowest BCUT2D eigenvalue weighted by Gasteiger charge is -2.24. The molecule has 0 spiro atoms. The standard InChI is InChI=1S/C18H22N6O/c1-11-22-14(8-16(19-2)23-11)15-4-3-7-24(15)18(25)13-9-20-17(21-10-13)12-5-6-12/h8-10,12,15H,3-7H2,1-2H3,(H,19,22,23)/t15-/m0/s1. The first-order chi connectivity index (χ1) is 12.2. The Morgan fingerprint density at radius 1 is 1.20 bits per heavy atom. The molecule has 3 heterocycles. The van der Waals surface area contributed by atoms with Crippen molar-refractivity contribution in [3.8, 4) is 0 Å². The molecule has 1 amide bonds. The third kappa shape index (κ3) is 3.18. The van der Waals surface area contributed by atoms with Crippen molar-refractivity contribution in [1.29, 1.82) is 0 Å². The van der Waals surface area contributed by atoms with Gasteiger partial charge < -0.3 is 10.2 Å². The van der Waals surface area contributed by atoms with Crippen LogP contribution < -0.4 is 5.32 Å². The molecule has 1 N–H and O–H groups in total. The molecule has 1 aliphatic carbocycles. The van der Waals surface area contributed by atoms with Crippen LogP contribution in [0.15, 0.2) is 18.5 Å². The zero-order chi connectivity index (χ0) is 17.4. The lowest BCUT2D eigenvalue weighted by Crippen LogP contribution is -2.31. The van der Waals surface area contributed by atoms with Gasteiger partial charge in [0.1, 0.15) is 17.5 Å². The highest BCUT2D eigenvalue weighted by molar-refractivity contribution is 5.94. The molecule has 2 fully saturated rings. The minimum absolute atomic E-state index is 0.0212. The van der Waals surface area contributed by atoms with Gasteiger partial charge in [-0.3, -0.25) is 4.79 Å². The summed E-state index contributed by atoms with van der Waals surface area (Å²) in [4.78, 5) is 32.5. The highest BCUT2D eigenvalue weighted by Gasteiger charge is 2.33. The molecule has 2 aliphatic rings. The maximum Gasteiger partial charge on any atom is 0.257 e. The molecule has 1 aliphatic heterocycles. The Hall–Kier alpha value is -2.57. The first kappa shape index (κ1) is 15.9. The molecule has 1 saturated heterocycles. The van der Waals surface area contributed by atoms with Gasteiger partial charge in [0.2, 0.25) is 0 Å². The number of hydrogen-bond donors (Lipinski definition) is 1. The summed E-state index contributed by atoms with van der Waals surface area (Å²) in [5.74, 6) is 2.82. The lowest BCUT2D eigenvalue weighted by atomic mass is 10.1. The van der Waals surface area contributed by atoms with Crippen LogP contribution in [0.2, 0.25) is 0 Å². The maximum atomic E-state index is 13.0. The van der Waals surface area contributed by atoms with Crippen molar-refractivity contribution in [3.05, 3.63) is 41.4 Å². The molecule has 0 radical (unpaired) electrons. The summed E-state index contributed by atoms with van der Waals surface area (Å²) in [6, 6.07) is 1.90. The van der Waals surface area contributed by atoms with Crippen molar-refractivity contribution < 1.29 is 4.79 Å². The van der Waals surface area contributed by atoms with Crippen molar-refractivity contribution >= 4 is 11.7 Å². The number of rotatable bonds is 4. The number of carbonyl (C=O) groups is 1. The number of amides is 1. The Labute approximate surface area is 146 Å². The van der Waals surface area contributed by atoms with Crippen LogP contribution >= 0.6 is 0 Å². The zero-order valence-electron chi connectivity index (χ0n) is 14.6. The van der Waals surface area contributed by atoms with E-state index in [0.717, 1.165) is 49.6 Å². The first-order valence-electron chi connectivity index (χ1n) is 8.82. The lowest BCUT2D eigenvalue weighted by molar-refractivity contribution is 0.0731. The third-order valence-corrected chi connectivity index (χ3v) is 4.83. The van der Waals surface area contributed by atoms with Crippen LogP contribution in [-0.4, -0.2) is 44.3 Å². The minimum atomic E-state index is -0.0237. The van der Waals surface area contributed by atoms with Crippen LogP contribution in [0.25, 0.3) is 0 Å². The van der Waals surface area contributed by atoms with E-state index in [1.54, 1.807) is 12.4 Å². The molecule has 4 rings (SSSR count). The topological polar surface area (TPSA) is 83.9 Å². The van der Waals surface area contributed by atoms with Gasteiger partial charge >= 0.3 is 0 Å². The average Bonchev–Trinajstić information content (AvgIpc) is 3.37. The van der Waals surface area contributed by atoms with Crippen LogP contribution in [0, 0.1) is 6.92 Å². The molecule has 7 nitrogen and oxygen atoms in total. The molecule has 130 valence electrons. The van der Waals surface area contributed by atoms with Gasteiger partial charge in [-0.25, -0.2) is 19.9 Å². The molecule has 0 aromatic carbocycles. The molecule has 2 aromatic heterocycles. The SMILES string of the molecule is CNc1cc([C@@H]2CCCN2C(=O)c2cnc(C3CC3)nc2)nc(C)n1. The van der Waals surface area contributed by atoms with Gasteiger partial charge in [0.05, 0.1) is 17.3 Å². The smallest absolute Gasteiger partial charge is 0.257 e. The number of likely N-dealkylation sites (tertiary alicyclic amines) is 1. The number of aromatic nitrogens is 4. The normalized spacial score (nSPS) is 19.9.